The summed E-state index contributed by atoms with van der Waals surface area (Å²) in [7, 11) is 0. The van der Waals surface area contributed by atoms with Gasteiger partial charge in [-0.15, -0.1) is 0 Å². The minimum absolute atomic E-state index is 0.165. The number of ether oxygens (including phenoxy) is 1. The van der Waals surface area contributed by atoms with Gasteiger partial charge in [-0.05, 0) is 105 Å². The van der Waals surface area contributed by atoms with E-state index in [0.29, 0.717) is 16.7 Å². The van der Waals surface area contributed by atoms with Crippen LogP contribution in [0.3, 0.4) is 0 Å². The number of likely N-dealkylation sites (tertiary alicyclic amines) is 1. The van der Waals surface area contributed by atoms with Crippen molar-refractivity contribution in [3.8, 4) is 5.75 Å². The normalized spacial score (nSPS) is 16.0. The van der Waals surface area contributed by atoms with Gasteiger partial charge in [0.1, 0.15) is 5.75 Å². The predicted octanol–water partition coefficient (Wildman–Crippen LogP) is 6.07. The number of fused-ring (bicyclic) bond motifs is 1. The summed E-state index contributed by atoms with van der Waals surface area (Å²) in [5, 5.41) is 14.9. The smallest absolute Gasteiger partial charge is 0.271 e. The molecule has 1 aliphatic heterocycles. The summed E-state index contributed by atoms with van der Waals surface area (Å²) in [6, 6.07) is 16.8. The van der Waals surface area contributed by atoms with E-state index in [9.17, 15) is 4.79 Å². The SMILES string of the molecule is Clc1cc(CCCN2CCCC2)ccc1OC1CC1.NC(=O)/C(=N/O)c1ccc2cc(Cl)ccc2c1. The second kappa shape index (κ2) is 12.4. The Hall–Kier alpha value is -2.80. The summed E-state index contributed by atoms with van der Waals surface area (Å²) in [5.41, 5.74) is 6.73. The van der Waals surface area contributed by atoms with Crippen molar-refractivity contribution in [3.63, 3.8) is 0 Å². The van der Waals surface area contributed by atoms with E-state index in [4.69, 9.17) is 38.9 Å². The van der Waals surface area contributed by atoms with E-state index >= 15 is 0 Å². The summed E-state index contributed by atoms with van der Waals surface area (Å²) in [5.74, 6) is 0.0771. The molecule has 2 fully saturated rings. The molecule has 0 bridgehead atoms. The van der Waals surface area contributed by atoms with Gasteiger partial charge in [0, 0.05) is 10.6 Å². The van der Waals surface area contributed by atoms with E-state index in [1.54, 1.807) is 30.3 Å². The molecule has 1 heterocycles. The molecule has 36 heavy (non-hydrogen) atoms. The van der Waals surface area contributed by atoms with E-state index in [-0.39, 0.29) is 5.71 Å². The molecular formula is C28H31Cl2N3O3. The van der Waals surface area contributed by atoms with Gasteiger partial charge in [0.05, 0.1) is 11.1 Å². The maximum Gasteiger partial charge on any atom is 0.271 e. The maximum atomic E-state index is 11.0. The standard InChI is InChI=1S/C16H22ClNO.C12H9ClN2O2/c17-15-12-13(4-3-11-18-9-1-2-10-18)5-8-16(15)19-14-6-7-14;13-10-4-3-7-5-9(2-1-8(7)6-10)11(15-17)12(14)16/h5,8,12,14H,1-4,6-7,9-11H2;1-6,17H,(H2,14,16)/b;15-11+. The lowest BCUT2D eigenvalue weighted by Crippen LogP contribution is -2.24. The predicted molar refractivity (Wildman–Crippen MR) is 146 cm³/mol. The molecule has 3 N–H and O–H groups in total. The minimum atomic E-state index is -0.777. The van der Waals surface area contributed by atoms with Gasteiger partial charge in [-0.25, -0.2) is 0 Å². The average molecular weight is 528 g/mol. The zero-order valence-electron chi connectivity index (χ0n) is 20.1. The summed E-state index contributed by atoms with van der Waals surface area (Å²) < 4.78 is 5.76. The number of primary amides is 1. The lowest BCUT2D eigenvalue weighted by Gasteiger charge is -2.14. The van der Waals surface area contributed by atoms with Crippen molar-refractivity contribution in [2.75, 3.05) is 19.6 Å². The monoisotopic (exact) mass is 527 g/mol. The van der Waals surface area contributed by atoms with E-state index in [0.717, 1.165) is 28.0 Å². The number of carbonyl (C=O) groups excluding carboxylic acids is 1. The highest BCUT2D eigenvalue weighted by Crippen LogP contribution is 2.32. The molecule has 2 aliphatic rings. The van der Waals surface area contributed by atoms with Crippen LogP contribution in [0, 0.1) is 0 Å². The fraction of sp³-hybridized carbons (Fsp3) is 0.357. The van der Waals surface area contributed by atoms with Crippen molar-refractivity contribution in [3.05, 3.63) is 75.8 Å². The van der Waals surface area contributed by atoms with Gasteiger partial charge in [-0.3, -0.25) is 4.79 Å². The van der Waals surface area contributed by atoms with Crippen molar-refractivity contribution in [1.29, 1.82) is 0 Å². The first-order valence-electron chi connectivity index (χ1n) is 12.3. The van der Waals surface area contributed by atoms with Crippen LogP contribution in [0.5, 0.6) is 5.75 Å². The quantitative estimate of drug-likeness (QED) is 0.211. The van der Waals surface area contributed by atoms with Crippen LogP contribution in [0.2, 0.25) is 10.0 Å². The Morgan fingerprint density at radius 1 is 1.03 bits per heavy atom. The molecule has 5 rings (SSSR count). The summed E-state index contributed by atoms with van der Waals surface area (Å²) in [6.45, 7) is 3.79. The molecule has 8 heteroatoms. The van der Waals surface area contributed by atoms with Gasteiger partial charge in [0.2, 0.25) is 0 Å². The van der Waals surface area contributed by atoms with Gasteiger partial charge in [-0.2, -0.15) is 0 Å². The molecule has 0 radical (unpaired) electrons. The molecule has 190 valence electrons. The third-order valence-corrected chi connectivity index (χ3v) is 6.89. The number of hydrogen-bond donors (Lipinski definition) is 2. The number of hydrogen-bond acceptors (Lipinski definition) is 5. The number of aryl methyl sites for hydroxylation is 1. The Labute approximate surface area is 221 Å². The molecule has 1 saturated heterocycles. The molecule has 3 aromatic rings. The van der Waals surface area contributed by atoms with Gasteiger partial charge in [0.25, 0.3) is 5.91 Å². The number of benzene rings is 3. The summed E-state index contributed by atoms with van der Waals surface area (Å²) in [4.78, 5) is 13.6. The highest BCUT2D eigenvalue weighted by Gasteiger charge is 2.24. The van der Waals surface area contributed by atoms with Crippen LogP contribution in [-0.4, -0.2) is 47.5 Å². The fourth-order valence-electron chi connectivity index (χ4n) is 4.29. The van der Waals surface area contributed by atoms with Crippen LogP contribution < -0.4 is 10.5 Å². The van der Waals surface area contributed by atoms with Crippen LogP contribution in [0.4, 0.5) is 0 Å². The minimum Gasteiger partial charge on any atom is -0.489 e. The van der Waals surface area contributed by atoms with Crippen LogP contribution in [0.25, 0.3) is 10.8 Å². The Bertz CT molecular complexity index is 1240. The lowest BCUT2D eigenvalue weighted by atomic mass is 10.0. The summed E-state index contributed by atoms with van der Waals surface area (Å²) >= 11 is 12.1. The molecule has 6 nitrogen and oxygen atoms in total. The Balaban J connectivity index is 0.000000170. The first kappa shape index (κ1) is 26.3. The maximum absolute atomic E-state index is 11.0. The highest BCUT2D eigenvalue weighted by atomic mass is 35.5. The zero-order chi connectivity index (χ0) is 25.5. The number of oxime groups is 1. The van der Waals surface area contributed by atoms with Crippen molar-refractivity contribution < 1.29 is 14.7 Å². The third-order valence-electron chi connectivity index (χ3n) is 6.36. The first-order chi connectivity index (χ1) is 17.4. The van der Waals surface area contributed by atoms with E-state index in [1.165, 1.54) is 57.3 Å². The number of rotatable bonds is 8. The van der Waals surface area contributed by atoms with Crippen molar-refractivity contribution in [1.82, 2.24) is 4.90 Å². The average Bonchev–Trinajstić information content (AvgIpc) is 3.53. The van der Waals surface area contributed by atoms with Crippen molar-refractivity contribution in [2.45, 2.75) is 44.6 Å². The highest BCUT2D eigenvalue weighted by molar-refractivity contribution is 6.45. The number of nitrogens with zero attached hydrogens (tertiary/aromatic N) is 2. The Morgan fingerprint density at radius 2 is 1.75 bits per heavy atom. The van der Waals surface area contributed by atoms with Gasteiger partial charge >= 0.3 is 0 Å². The van der Waals surface area contributed by atoms with E-state index in [1.807, 2.05) is 12.1 Å². The molecule has 0 spiro atoms. The molecule has 0 atom stereocenters. The first-order valence-corrected chi connectivity index (χ1v) is 13.1. The van der Waals surface area contributed by atoms with Crippen molar-refractivity contribution >= 4 is 45.6 Å². The van der Waals surface area contributed by atoms with Gasteiger partial charge in [0.15, 0.2) is 5.71 Å². The van der Waals surface area contributed by atoms with Crippen molar-refractivity contribution in [2.24, 2.45) is 10.9 Å². The van der Waals surface area contributed by atoms with E-state index in [2.05, 4.69) is 22.2 Å². The molecule has 0 aromatic heterocycles. The number of halogens is 2. The second-order valence-electron chi connectivity index (χ2n) is 9.25. The van der Waals surface area contributed by atoms with Gasteiger partial charge in [-0.1, -0.05) is 52.6 Å². The largest absolute Gasteiger partial charge is 0.489 e. The Morgan fingerprint density at radius 3 is 2.42 bits per heavy atom. The number of amides is 1. The lowest BCUT2D eigenvalue weighted by molar-refractivity contribution is -0.112. The Kier molecular flexibility index (Phi) is 9.08. The summed E-state index contributed by atoms with van der Waals surface area (Å²) in [6.07, 6.45) is 7.84. The third kappa shape index (κ3) is 7.36. The fourth-order valence-corrected chi connectivity index (χ4v) is 4.72. The molecule has 1 amide bonds. The molecule has 3 aromatic carbocycles. The topological polar surface area (TPSA) is 88.2 Å². The van der Waals surface area contributed by atoms with Crippen LogP contribution in [-0.2, 0) is 11.2 Å². The van der Waals surface area contributed by atoms with Crippen LogP contribution in [0.15, 0.2) is 59.8 Å². The zero-order valence-corrected chi connectivity index (χ0v) is 21.6. The molecule has 0 unspecified atom stereocenters. The number of nitrogens with two attached hydrogens (primary N) is 1. The molecule has 1 saturated carbocycles. The van der Waals surface area contributed by atoms with E-state index < -0.39 is 5.91 Å². The van der Waals surface area contributed by atoms with Crippen LogP contribution >= 0.6 is 23.2 Å². The molecular weight excluding hydrogens is 497 g/mol. The molecule has 1 aliphatic carbocycles. The van der Waals surface area contributed by atoms with Crippen LogP contribution in [0.1, 0.15) is 43.2 Å². The number of carbonyl (C=O) groups is 1. The second-order valence-corrected chi connectivity index (χ2v) is 10.1. The van der Waals surface area contributed by atoms with Gasteiger partial charge < -0.3 is 20.6 Å².